The molecule has 0 fully saturated rings. The Morgan fingerprint density at radius 3 is 2.44 bits per heavy atom. The van der Waals surface area contributed by atoms with Crippen LogP contribution in [0.2, 0.25) is 0 Å². The predicted octanol–water partition coefficient (Wildman–Crippen LogP) is 3.76. The van der Waals surface area contributed by atoms with E-state index in [1.165, 1.54) is 16.7 Å². The maximum Gasteiger partial charge on any atom is 0.117 e. The highest BCUT2D eigenvalue weighted by atomic mass is 28.2. The summed E-state index contributed by atoms with van der Waals surface area (Å²) in [7, 11) is 0.857. The molecule has 0 saturated carbocycles. The second kappa shape index (κ2) is 5.70. The third-order valence-electron chi connectivity index (χ3n) is 3.95. The zero-order valence-corrected chi connectivity index (χ0v) is 12.9. The van der Waals surface area contributed by atoms with Crippen LogP contribution in [0.3, 0.4) is 0 Å². The van der Waals surface area contributed by atoms with Gasteiger partial charge in [0.05, 0.1) is 0 Å². The highest BCUT2D eigenvalue weighted by Crippen LogP contribution is 2.24. The molecule has 0 bridgehead atoms. The van der Waals surface area contributed by atoms with Crippen molar-refractivity contribution < 1.29 is 0 Å². The van der Waals surface area contributed by atoms with Crippen molar-refractivity contribution in [3.05, 3.63) is 51.7 Å². The Hall–Kier alpha value is -1.08. The molecule has 1 heteroatoms. The van der Waals surface area contributed by atoms with Crippen LogP contribution in [-0.4, -0.2) is 9.52 Å². The number of hydrogen-bond acceptors (Lipinski definition) is 0. The monoisotopic (exact) mass is 254 g/mol. The third kappa shape index (κ3) is 2.51. The van der Waals surface area contributed by atoms with E-state index in [0.29, 0.717) is 0 Å². The first kappa shape index (κ1) is 13.4. The van der Waals surface area contributed by atoms with E-state index in [1.807, 2.05) is 0 Å². The lowest BCUT2D eigenvalue weighted by Gasteiger charge is -2.13. The minimum Gasteiger partial charge on any atom is -0.0777 e. The van der Waals surface area contributed by atoms with Crippen molar-refractivity contribution >= 4 is 14.7 Å². The van der Waals surface area contributed by atoms with Crippen LogP contribution in [0, 0.1) is 0 Å². The van der Waals surface area contributed by atoms with Crippen molar-refractivity contribution in [1.29, 1.82) is 0 Å². The van der Waals surface area contributed by atoms with Gasteiger partial charge in [0.1, 0.15) is 9.52 Å². The molecule has 1 aliphatic carbocycles. The second-order valence-corrected chi connectivity index (χ2v) is 6.36. The minimum absolute atomic E-state index is 0.857. The van der Waals surface area contributed by atoms with E-state index >= 15 is 0 Å². The Kier molecular flexibility index (Phi) is 4.23. The van der Waals surface area contributed by atoms with Crippen LogP contribution in [0.25, 0.3) is 0 Å². The first-order valence-electron chi connectivity index (χ1n) is 6.92. The number of benzene rings is 1. The van der Waals surface area contributed by atoms with Gasteiger partial charge in [-0.25, -0.2) is 0 Å². The molecule has 1 aliphatic rings. The Morgan fingerprint density at radius 1 is 1.11 bits per heavy atom. The van der Waals surface area contributed by atoms with E-state index in [9.17, 15) is 0 Å². The summed E-state index contributed by atoms with van der Waals surface area (Å²) in [5.41, 5.74) is 6.12. The Morgan fingerprint density at radius 2 is 1.89 bits per heavy atom. The summed E-state index contributed by atoms with van der Waals surface area (Å²) in [6.45, 7) is 9.04. The SMILES string of the molecule is CCc1cccc([Si]C2=C(C)C(C)=CC2)c1CC. The second-order valence-electron chi connectivity index (χ2n) is 4.97. The molecule has 0 N–H and O–H groups in total. The Bertz CT molecular complexity index is 506. The van der Waals surface area contributed by atoms with Crippen molar-refractivity contribution in [2.45, 2.75) is 47.0 Å². The lowest BCUT2D eigenvalue weighted by Crippen LogP contribution is -2.22. The first-order chi connectivity index (χ1) is 8.67. The minimum atomic E-state index is 0.857. The molecule has 0 atom stereocenters. The summed E-state index contributed by atoms with van der Waals surface area (Å²) >= 11 is 0. The van der Waals surface area contributed by atoms with Crippen LogP contribution in [-0.2, 0) is 12.8 Å². The molecule has 94 valence electrons. The van der Waals surface area contributed by atoms with Crippen molar-refractivity contribution in [3.63, 3.8) is 0 Å². The van der Waals surface area contributed by atoms with Crippen LogP contribution in [0.15, 0.2) is 40.6 Å². The predicted molar refractivity (Wildman–Crippen MR) is 81.7 cm³/mol. The molecule has 0 aliphatic heterocycles. The standard InChI is InChI=1S/C17H22Si/c1-5-14-8-7-9-17(15(14)6-2)18-16-11-10-12(3)13(16)4/h7-10H,5-6,11H2,1-4H3. The molecule has 0 nitrogen and oxygen atoms in total. The van der Waals surface area contributed by atoms with E-state index < -0.39 is 0 Å². The van der Waals surface area contributed by atoms with E-state index in [-0.39, 0.29) is 0 Å². The van der Waals surface area contributed by atoms with Gasteiger partial charge in [-0.05, 0) is 44.2 Å². The number of rotatable bonds is 4. The molecule has 0 aromatic heterocycles. The van der Waals surface area contributed by atoms with E-state index in [1.54, 1.807) is 15.9 Å². The molecule has 1 aromatic carbocycles. The lowest BCUT2D eigenvalue weighted by atomic mass is 10.0. The van der Waals surface area contributed by atoms with Crippen LogP contribution in [0.1, 0.15) is 45.2 Å². The van der Waals surface area contributed by atoms with Gasteiger partial charge in [-0.2, -0.15) is 0 Å². The summed E-state index contributed by atoms with van der Waals surface area (Å²) in [5, 5.41) is 3.20. The summed E-state index contributed by atoms with van der Waals surface area (Å²) < 4.78 is 0. The van der Waals surface area contributed by atoms with Gasteiger partial charge < -0.3 is 0 Å². The van der Waals surface area contributed by atoms with Crippen molar-refractivity contribution in [2.24, 2.45) is 0 Å². The van der Waals surface area contributed by atoms with Gasteiger partial charge in [0.15, 0.2) is 0 Å². The molecule has 0 heterocycles. The molecule has 2 rings (SSSR count). The molecule has 1 aromatic rings. The van der Waals surface area contributed by atoms with Gasteiger partial charge in [0.2, 0.25) is 0 Å². The van der Waals surface area contributed by atoms with Crippen LogP contribution in [0.5, 0.6) is 0 Å². The summed E-state index contributed by atoms with van der Waals surface area (Å²) in [6.07, 6.45) is 5.84. The fraction of sp³-hybridized carbons (Fsp3) is 0.412. The highest BCUT2D eigenvalue weighted by molar-refractivity contribution is 6.62. The zero-order chi connectivity index (χ0) is 13.1. The highest BCUT2D eigenvalue weighted by Gasteiger charge is 2.14. The summed E-state index contributed by atoms with van der Waals surface area (Å²) in [4.78, 5) is 0. The van der Waals surface area contributed by atoms with E-state index in [0.717, 1.165) is 28.8 Å². The number of aryl methyl sites for hydroxylation is 1. The molecule has 0 amide bonds. The molecule has 2 radical (unpaired) electrons. The topological polar surface area (TPSA) is 0 Å². The van der Waals surface area contributed by atoms with Crippen LogP contribution in [0.4, 0.5) is 0 Å². The molecule has 18 heavy (non-hydrogen) atoms. The van der Waals surface area contributed by atoms with Gasteiger partial charge in [0, 0.05) is 0 Å². The smallest absolute Gasteiger partial charge is 0.0777 e. The fourth-order valence-corrected chi connectivity index (χ4v) is 4.19. The normalized spacial score (nSPS) is 15.2. The molecule has 0 saturated heterocycles. The van der Waals surface area contributed by atoms with E-state index in [2.05, 4.69) is 52.0 Å². The maximum absolute atomic E-state index is 2.37. The van der Waals surface area contributed by atoms with Gasteiger partial charge in [-0.3, -0.25) is 0 Å². The average molecular weight is 254 g/mol. The van der Waals surface area contributed by atoms with Crippen molar-refractivity contribution in [3.8, 4) is 0 Å². The molecular formula is C17H22Si. The third-order valence-corrected chi connectivity index (χ3v) is 5.57. The van der Waals surface area contributed by atoms with Crippen LogP contribution >= 0.6 is 0 Å². The van der Waals surface area contributed by atoms with Crippen molar-refractivity contribution in [1.82, 2.24) is 0 Å². The summed E-state index contributed by atoms with van der Waals surface area (Å²) in [6, 6.07) is 6.84. The average Bonchev–Trinajstić information content (AvgIpc) is 2.70. The Labute approximate surface area is 114 Å². The van der Waals surface area contributed by atoms with Gasteiger partial charge in [-0.15, -0.1) is 0 Å². The van der Waals surface area contributed by atoms with E-state index in [4.69, 9.17) is 0 Å². The summed E-state index contributed by atoms with van der Waals surface area (Å²) in [5.74, 6) is 0. The van der Waals surface area contributed by atoms with Crippen molar-refractivity contribution in [2.75, 3.05) is 0 Å². The molecular weight excluding hydrogens is 232 g/mol. The zero-order valence-electron chi connectivity index (χ0n) is 11.9. The number of allylic oxidation sites excluding steroid dienone is 4. The van der Waals surface area contributed by atoms with Gasteiger partial charge in [-0.1, -0.05) is 59.7 Å². The Balaban J connectivity index is 2.31. The fourth-order valence-electron chi connectivity index (χ4n) is 2.61. The lowest BCUT2D eigenvalue weighted by molar-refractivity contribution is 1.05. The first-order valence-corrected chi connectivity index (χ1v) is 7.92. The van der Waals surface area contributed by atoms with Crippen LogP contribution < -0.4 is 5.19 Å². The number of hydrogen-bond donors (Lipinski definition) is 0. The largest absolute Gasteiger partial charge is 0.117 e. The maximum atomic E-state index is 2.37. The quantitative estimate of drug-likeness (QED) is 0.718. The molecule has 0 unspecified atom stereocenters. The van der Waals surface area contributed by atoms with Gasteiger partial charge in [0.25, 0.3) is 0 Å². The molecule has 0 spiro atoms. The van der Waals surface area contributed by atoms with Gasteiger partial charge >= 0.3 is 0 Å².